The number of anilines is 2. The molecular weight excluding hydrogens is 360 g/mol. The van der Waals surface area contributed by atoms with Crippen LogP contribution in [-0.4, -0.2) is 59.1 Å². The van der Waals surface area contributed by atoms with Gasteiger partial charge in [-0.2, -0.15) is 0 Å². The van der Waals surface area contributed by atoms with Crippen LogP contribution >= 0.6 is 12.2 Å². The molecule has 2 rings (SSSR count). The van der Waals surface area contributed by atoms with Crippen molar-refractivity contribution in [2.45, 2.75) is 18.9 Å². The second-order valence-corrected chi connectivity index (χ2v) is 5.88. The molecule has 140 valence electrons. The lowest BCUT2D eigenvalue weighted by atomic mass is 10.1. The number of esters is 1. The molecule has 3 amide bonds. The highest BCUT2D eigenvalue weighted by Gasteiger charge is 2.38. The fourth-order valence-electron chi connectivity index (χ4n) is 2.30. The van der Waals surface area contributed by atoms with Gasteiger partial charge in [-0.25, -0.2) is 9.78 Å². The highest BCUT2D eigenvalue weighted by atomic mass is 32.1. The van der Waals surface area contributed by atoms with Gasteiger partial charge in [0.05, 0.1) is 12.8 Å². The zero-order chi connectivity index (χ0) is 19.1. The molecule has 0 saturated carbocycles. The molecule has 11 heteroatoms. The second kappa shape index (κ2) is 8.94. The normalized spacial score (nSPS) is 16.2. The van der Waals surface area contributed by atoms with E-state index in [1.54, 1.807) is 18.3 Å². The molecule has 1 aromatic rings. The predicted octanol–water partition coefficient (Wildman–Crippen LogP) is -0.176. The lowest BCUT2D eigenvalue weighted by Gasteiger charge is -2.13. The predicted molar refractivity (Wildman–Crippen MR) is 98.2 cm³/mol. The third-order valence-corrected chi connectivity index (χ3v) is 3.89. The van der Waals surface area contributed by atoms with Gasteiger partial charge in [0.25, 0.3) is 5.91 Å². The topological polar surface area (TPSA) is 139 Å². The van der Waals surface area contributed by atoms with Crippen LogP contribution in [0.4, 0.5) is 16.3 Å². The van der Waals surface area contributed by atoms with Crippen LogP contribution in [0.3, 0.4) is 0 Å². The molecule has 5 N–H and O–H groups in total. The Kier molecular flexibility index (Phi) is 6.67. The van der Waals surface area contributed by atoms with Crippen molar-refractivity contribution < 1.29 is 19.1 Å². The first-order valence-corrected chi connectivity index (χ1v) is 8.27. The number of carbonyl (C=O) groups is 3. The number of urea groups is 1. The molecule has 2 heterocycles. The van der Waals surface area contributed by atoms with Crippen LogP contribution in [0, 0.1) is 0 Å². The largest absolute Gasteiger partial charge is 0.468 e. The Balaban J connectivity index is 1.72. The Hall–Kier alpha value is -2.95. The summed E-state index contributed by atoms with van der Waals surface area (Å²) in [6.07, 6.45) is 2.57. The number of methoxy groups -OCH3 is 1. The van der Waals surface area contributed by atoms with Gasteiger partial charge in [-0.15, -0.1) is 0 Å². The van der Waals surface area contributed by atoms with Crippen molar-refractivity contribution in [2.75, 3.05) is 31.2 Å². The first-order valence-electron chi connectivity index (χ1n) is 7.86. The fourth-order valence-corrected chi connectivity index (χ4v) is 2.50. The fraction of sp³-hybridized carbons (Fsp3) is 0.400. The number of amides is 3. The summed E-state index contributed by atoms with van der Waals surface area (Å²) in [5, 5.41) is 8.75. The lowest BCUT2D eigenvalue weighted by molar-refractivity contribution is -0.144. The van der Waals surface area contributed by atoms with Gasteiger partial charge in [0, 0.05) is 12.7 Å². The molecule has 1 fully saturated rings. The molecule has 0 aromatic carbocycles. The van der Waals surface area contributed by atoms with E-state index in [-0.39, 0.29) is 0 Å². The molecule has 10 nitrogen and oxygen atoms in total. The van der Waals surface area contributed by atoms with Crippen molar-refractivity contribution in [2.24, 2.45) is 0 Å². The van der Waals surface area contributed by atoms with Gasteiger partial charge in [-0.05, 0) is 37.2 Å². The first kappa shape index (κ1) is 19.4. The number of nitrogens with one attached hydrogen (secondary N) is 3. The monoisotopic (exact) mass is 380 g/mol. The Morgan fingerprint density at radius 1 is 1.50 bits per heavy atom. The highest BCUT2D eigenvalue weighted by molar-refractivity contribution is 7.80. The van der Waals surface area contributed by atoms with E-state index in [1.165, 1.54) is 7.11 Å². The van der Waals surface area contributed by atoms with Crippen LogP contribution in [0.5, 0.6) is 0 Å². The number of imide groups is 1. The minimum Gasteiger partial charge on any atom is -0.468 e. The van der Waals surface area contributed by atoms with E-state index in [0.717, 1.165) is 4.90 Å². The molecule has 0 radical (unpaired) electrons. The number of aromatic nitrogens is 1. The molecule has 0 spiro atoms. The molecule has 0 unspecified atom stereocenters. The van der Waals surface area contributed by atoms with Gasteiger partial charge in [0.15, 0.2) is 10.9 Å². The van der Waals surface area contributed by atoms with Crippen molar-refractivity contribution >= 4 is 46.7 Å². The van der Waals surface area contributed by atoms with Crippen LogP contribution < -0.4 is 21.7 Å². The number of rotatable bonds is 7. The van der Waals surface area contributed by atoms with Gasteiger partial charge in [-0.3, -0.25) is 14.5 Å². The van der Waals surface area contributed by atoms with Crippen molar-refractivity contribution in [1.29, 1.82) is 0 Å². The molecule has 26 heavy (non-hydrogen) atoms. The van der Waals surface area contributed by atoms with Crippen molar-refractivity contribution in [3.05, 3.63) is 18.3 Å². The van der Waals surface area contributed by atoms with Crippen LogP contribution in [0.2, 0.25) is 0 Å². The molecule has 0 aliphatic carbocycles. The summed E-state index contributed by atoms with van der Waals surface area (Å²) in [5.74, 6) is -0.634. The zero-order valence-corrected chi connectivity index (χ0v) is 15.0. The Labute approximate surface area is 155 Å². The molecular formula is C15H20N6O4S. The van der Waals surface area contributed by atoms with E-state index in [4.69, 9.17) is 18.0 Å². The van der Waals surface area contributed by atoms with Crippen LogP contribution in [0.15, 0.2) is 18.3 Å². The summed E-state index contributed by atoms with van der Waals surface area (Å²) < 4.78 is 4.47. The van der Waals surface area contributed by atoms with E-state index in [9.17, 15) is 14.4 Å². The number of thiocarbonyl (C=S) groups is 1. The van der Waals surface area contributed by atoms with Crippen molar-refractivity contribution in [3.63, 3.8) is 0 Å². The minimum atomic E-state index is -0.665. The first-order chi connectivity index (χ1) is 12.4. The summed E-state index contributed by atoms with van der Waals surface area (Å²) in [4.78, 5) is 40.0. The number of hydrogen-bond acceptors (Lipinski definition) is 7. The number of hydrogen-bond donors (Lipinski definition) is 4. The number of nitrogen functional groups attached to an aromatic ring is 1. The zero-order valence-electron chi connectivity index (χ0n) is 14.2. The average Bonchev–Trinajstić information content (AvgIpc) is 2.88. The van der Waals surface area contributed by atoms with Crippen LogP contribution in [0.1, 0.15) is 12.8 Å². The van der Waals surface area contributed by atoms with Gasteiger partial charge in [0.1, 0.15) is 12.6 Å². The Morgan fingerprint density at radius 2 is 2.27 bits per heavy atom. The standard InChI is InChI=1S/C15H20N6O4S/c1-25-11(22)8-21-13(23)10(19-15(21)24)5-3-7-18-14(26)20-12-9(16)4-2-6-17-12/h2,4,6,10H,3,5,7-8,16H2,1H3,(H,19,24)(H2,17,18,20,26)/t10-/m0/s1. The number of nitrogens with zero attached hydrogens (tertiary/aromatic N) is 2. The Bertz CT molecular complexity index is 713. The molecule has 1 aromatic heterocycles. The molecule has 1 aliphatic heterocycles. The van der Waals surface area contributed by atoms with E-state index < -0.39 is 30.5 Å². The van der Waals surface area contributed by atoms with Gasteiger partial charge < -0.3 is 26.4 Å². The molecule has 0 bridgehead atoms. The summed E-state index contributed by atoms with van der Waals surface area (Å²) in [7, 11) is 1.19. The van der Waals surface area contributed by atoms with E-state index in [0.29, 0.717) is 36.0 Å². The van der Waals surface area contributed by atoms with Gasteiger partial charge in [-0.1, -0.05) is 0 Å². The average molecular weight is 380 g/mol. The molecule has 1 aliphatic rings. The summed E-state index contributed by atoms with van der Waals surface area (Å²) in [6.45, 7) is 0.0879. The number of carbonyl (C=O) groups excluding carboxylic acids is 3. The summed E-state index contributed by atoms with van der Waals surface area (Å²) in [5.41, 5.74) is 6.24. The van der Waals surface area contributed by atoms with E-state index >= 15 is 0 Å². The number of nitrogens with two attached hydrogens (primary N) is 1. The second-order valence-electron chi connectivity index (χ2n) is 5.47. The van der Waals surface area contributed by atoms with Crippen molar-refractivity contribution in [3.8, 4) is 0 Å². The number of pyridine rings is 1. The van der Waals surface area contributed by atoms with Gasteiger partial charge in [0.2, 0.25) is 0 Å². The molecule has 1 atom stereocenters. The third-order valence-electron chi connectivity index (χ3n) is 3.65. The maximum absolute atomic E-state index is 12.1. The van der Waals surface area contributed by atoms with Gasteiger partial charge >= 0.3 is 12.0 Å². The highest BCUT2D eigenvalue weighted by Crippen LogP contribution is 2.13. The quantitative estimate of drug-likeness (QED) is 0.220. The Morgan fingerprint density at radius 3 is 2.96 bits per heavy atom. The molecule has 1 saturated heterocycles. The maximum atomic E-state index is 12.1. The van der Waals surface area contributed by atoms with Crippen LogP contribution in [-0.2, 0) is 14.3 Å². The number of ether oxygens (including phenoxy) is 1. The summed E-state index contributed by atoms with van der Waals surface area (Å²) in [6, 6.07) is 2.16. The summed E-state index contributed by atoms with van der Waals surface area (Å²) >= 11 is 5.15. The van der Waals surface area contributed by atoms with E-state index in [1.807, 2.05) is 0 Å². The van der Waals surface area contributed by atoms with Crippen molar-refractivity contribution in [1.82, 2.24) is 20.5 Å². The SMILES string of the molecule is COC(=O)CN1C(=O)N[C@@H](CCCNC(=S)Nc2ncccc2N)C1=O. The maximum Gasteiger partial charge on any atom is 0.325 e. The van der Waals surface area contributed by atoms with Crippen LogP contribution in [0.25, 0.3) is 0 Å². The minimum absolute atomic E-state index is 0.351. The third kappa shape index (κ3) is 5.02. The lowest BCUT2D eigenvalue weighted by Crippen LogP contribution is -2.36. The smallest absolute Gasteiger partial charge is 0.325 e. The van der Waals surface area contributed by atoms with E-state index in [2.05, 4.69) is 25.7 Å².